The van der Waals surface area contributed by atoms with Gasteiger partial charge in [0.25, 0.3) is 0 Å². The van der Waals surface area contributed by atoms with Crippen molar-refractivity contribution in [3.63, 3.8) is 0 Å². The molecule has 0 radical (unpaired) electrons. The van der Waals surface area contributed by atoms with Crippen molar-refractivity contribution in [3.8, 4) is 5.75 Å². The van der Waals surface area contributed by atoms with Gasteiger partial charge in [0.05, 0.1) is 13.2 Å². The molecule has 0 saturated carbocycles. The van der Waals surface area contributed by atoms with Crippen LogP contribution in [0.1, 0.15) is 43.6 Å². The summed E-state index contributed by atoms with van der Waals surface area (Å²) in [5, 5.41) is 4.39. The number of nitrogens with zero attached hydrogens (tertiary/aromatic N) is 4. The second kappa shape index (κ2) is 7.76. The van der Waals surface area contributed by atoms with Gasteiger partial charge in [-0.05, 0) is 25.8 Å². The number of rotatable bonds is 5. The van der Waals surface area contributed by atoms with Gasteiger partial charge < -0.3 is 9.64 Å². The Morgan fingerprint density at radius 3 is 2.85 bits per heavy atom. The summed E-state index contributed by atoms with van der Waals surface area (Å²) in [4.78, 5) is 26.9. The number of carbonyl (C=O) groups excluding carboxylic acids is 1. The Kier molecular flexibility index (Phi) is 5.44. The third kappa shape index (κ3) is 3.52. The number of aromatic nitrogens is 3. The number of likely N-dealkylation sites (N-methyl/N-ethyl adjacent to an activating group) is 1. The molecule has 3 rings (SSSR count). The first-order chi connectivity index (χ1) is 12.5. The molecule has 1 aliphatic rings. The number of amides is 1. The summed E-state index contributed by atoms with van der Waals surface area (Å²) >= 11 is 0. The highest BCUT2D eigenvalue weighted by molar-refractivity contribution is 5.76. The van der Waals surface area contributed by atoms with Crippen LogP contribution in [-0.4, -0.2) is 39.3 Å². The molecule has 1 atom stereocenters. The van der Waals surface area contributed by atoms with Gasteiger partial charge in [-0.3, -0.25) is 9.36 Å². The highest BCUT2D eigenvalue weighted by atomic mass is 16.5. The molecule has 7 heteroatoms. The highest BCUT2D eigenvalue weighted by Crippen LogP contribution is 2.28. The SMILES string of the molecule is COc1ccccc1C(C)N(C)C(=O)Cn1nc2n(c1=O)CCCCC2. The quantitative estimate of drug-likeness (QED) is 0.820. The van der Waals surface area contributed by atoms with Crippen LogP contribution in [0.5, 0.6) is 5.75 Å². The molecule has 0 aliphatic carbocycles. The molecule has 26 heavy (non-hydrogen) atoms. The van der Waals surface area contributed by atoms with E-state index in [2.05, 4.69) is 5.10 Å². The molecule has 1 unspecified atom stereocenters. The van der Waals surface area contributed by atoms with E-state index in [4.69, 9.17) is 4.74 Å². The average molecular weight is 358 g/mol. The maximum absolute atomic E-state index is 12.7. The monoisotopic (exact) mass is 358 g/mol. The Hall–Kier alpha value is -2.57. The van der Waals surface area contributed by atoms with Gasteiger partial charge in [-0.1, -0.05) is 24.6 Å². The zero-order valence-electron chi connectivity index (χ0n) is 15.6. The number of ether oxygens (including phenoxy) is 1. The minimum absolute atomic E-state index is 0.0468. The van der Waals surface area contributed by atoms with E-state index in [1.54, 1.807) is 23.6 Å². The van der Waals surface area contributed by atoms with Crippen molar-refractivity contribution in [2.24, 2.45) is 0 Å². The Labute approximate surface area is 153 Å². The summed E-state index contributed by atoms with van der Waals surface area (Å²) in [6.45, 7) is 2.59. The van der Waals surface area contributed by atoms with Gasteiger partial charge in [-0.15, -0.1) is 0 Å². The lowest BCUT2D eigenvalue weighted by Gasteiger charge is -2.26. The normalized spacial score (nSPS) is 15.0. The van der Waals surface area contributed by atoms with Crippen LogP contribution in [0.25, 0.3) is 0 Å². The summed E-state index contributed by atoms with van der Waals surface area (Å²) in [5.74, 6) is 1.38. The van der Waals surface area contributed by atoms with Crippen LogP contribution in [0.15, 0.2) is 29.1 Å². The molecule has 140 valence electrons. The molecule has 1 aromatic carbocycles. The van der Waals surface area contributed by atoms with E-state index in [1.165, 1.54) is 4.68 Å². The molecular formula is C19H26N4O3. The molecule has 1 aliphatic heterocycles. The molecule has 0 spiro atoms. The van der Waals surface area contributed by atoms with Crippen molar-refractivity contribution < 1.29 is 9.53 Å². The zero-order chi connectivity index (χ0) is 18.7. The van der Waals surface area contributed by atoms with Crippen LogP contribution in [0.4, 0.5) is 0 Å². The van der Waals surface area contributed by atoms with Gasteiger partial charge in [-0.2, -0.15) is 5.10 Å². The van der Waals surface area contributed by atoms with Crippen LogP contribution in [0.3, 0.4) is 0 Å². The molecule has 2 aromatic rings. The number of hydrogen-bond acceptors (Lipinski definition) is 4. The van der Waals surface area contributed by atoms with Crippen molar-refractivity contribution in [3.05, 3.63) is 46.1 Å². The molecule has 1 aromatic heterocycles. The van der Waals surface area contributed by atoms with E-state index < -0.39 is 0 Å². The molecule has 0 saturated heterocycles. The lowest BCUT2D eigenvalue weighted by atomic mass is 10.1. The number of aryl methyl sites for hydroxylation is 1. The van der Waals surface area contributed by atoms with Crippen LogP contribution in [0.2, 0.25) is 0 Å². The average Bonchev–Trinajstić information content (AvgIpc) is 2.82. The fourth-order valence-corrected chi connectivity index (χ4v) is 3.40. The standard InChI is InChI=1S/C19H26N4O3/c1-14(15-9-6-7-10-16(15)26-3)21(2)18(24)13-23-19(25)22-12-8-4-5-11-17(22)20-23/h6-7,9-10,14H,4-5,8,11-13H2,1-3H3. The van der Waals surface area contributed by atoms with Crippen LogP contribution >= 0.6 is 0 Å². The van der Waals surface area contributed by atoms with Crippen molar-refractivity contribution in [1.29, 1.82) is 0 Å². The van der Waals surface area contributed by atoms with Gasteiger partial charge in [0.1, 0.15) is 18.1 Å². The van der Waals surface area contributed by atoms with Gasteiger partial charge in [0, 0.05) is 25.6 Å². The Bertz CT molecular complexity index is 840. The van der Waals surface area contributed by atoms with Crippen LogP contribution < -0.4 is 10.4 Å². The highest BCUT2D eigenvalue weighted by Gasteiger charge is 2.23. The van der Waals surface area contributed by atoms with Crippen LogP contribution in [0, 0.1) is 0 Å². The van der Waals surface area contributed by atoms with Gasteiger partial charge >= 0.3 is 5.69 Å². The van der Waals surface area contributed by atoms with E-state index in [9.17, 15) is 9.59 Å². The number of benzene rings is 1. The van der Waals surface area contributed by atoms with Crippen LogP contribution in [-0.2, 0) is 24.3 Å². The van der Waals surface area contributed by atoms with Crippen molar-refractivity contribution >= 4 is 5.91 Å². The van der Waals surface area contributed by atoms with E-state index in [0.29, 0.717) is 6.54 Å². The number of carbonyl (C=O) groups is 1. The van der Waals surface area contributed by atoms with E-state index in [0.717, 1.165) is 42.8 Å². The third-order valence-electron chi connectivity index (χ3n) is 5.13. The molecule has 2 heterocycles. The Morgan fingerprint density at radius 2 is 2.08 bits per heavy atom. The Balaban J connectivity index is 1.76. The smallest absolute Gasteiger partial charge is 0.346 e. The first-order valence-electron chi connectivity index (χ1n) is 9.08. The third-order valence-corrected chi connectivity index (χ3v) is 5.13. The van der Waals surface area contributed by atoms with E-state index in [1.807, 2.05) is 31.2 Å². The first kappa shape index (κ1) is 18.2. The second-order valence-electron chi connectivity index (χ2n) is 6.74. The summed E-state index contributed by atoms with van der Waals surface area (Å²) in [6.07, 6.45) is 3.93. The minimum atomic E-state index is -0.186. The molecule has 0 N–H and O–H groups in total. The topological polar surface area (TPSA) is 69.4 Å². The van der Waals surface area contributed by atoms with Gasteiger partial charge in [0.2, 0.25) is 5.91 Å². The lowest BCUT2D eigenvalue weighted by molar-refractivity contribution is -0.132. The molecule has 1 amide bonds. The fraction of sp³-hybridized carbons (Fsp3) is 0.526. The largest absolute Gasteiger partial charge is 0.496 e. The second-order valence-corrected chi connectivity index (χ2v) is 6.74. The molecular weight excluding hydrogens is 332 g/mol. The number of fused-ring (bicyclic) bond motifs is 1. The predicted octanol–water partition coefficient (Wildman–Crippen LogP) is 2.00. The van der Waals surface area contributed by atoms with Crippen molar-refractivity contribution in [2.45, 2.75) is 51.7 Å². The number of hydrogen-bond donors (Lipinski definition) is 0. The lowest BCUT2D eigenvalue weighted by Crippen LogP contribution is -2.36. The van der Waals surface area contributed by atoms with Crippen molar-refractivity contribution in [1.82, 2.24) is 19.2 Å². The number of methoxy groups -OCH3 is 1. The summed E-state index contributed by atoms with van der Waals surface area (Å²) in [6, 6.07) is 7.46. The molecule has 0 fully saturated rings. The summed E-state index contributed by atoms with van der Waals surface area (Å²) < 4.78 is 8.40. The summed E-state index contributed by atoms with van der Waals surface area (Å²) in [5.41, 5.74) is 0.743. The number of para-hydroxylation sites is 1. The first-order valence-corrected chi connectivity index (χ1v) is 9.08. The van der Waals surface area contributed by atoms with Crippen molar-refractivity contribution in [2.75, 3.05) is 14.2 Å². The van der Waals surface area contributed by atoms with Gasteiger partial charge in [0.15, 0.2) is 0 Å². The van der Waals surface area contributed by atoms with E-state index in [-0.39, 0.29) is 24.2 Å². The molecule has 7 nitrogen and oxygen atoms in total. The molecule has 0 bridgehead atoms. The van der Waals surface area contributed by atoms with E-state index >= 15 is 0 Å². The summed E-state index contributed by atoms with van der Waals surface area (Å²) in [7, 11) is 3.36. The predicted molar refractivity (Wildman–Crippen MR) is 98.2 cm³/mol. The maximum atomic E-state index is 12.7. The maximum Gasteiger partial charge on any atom is 0.346 e. The van der Waals surface area contributed by atoms with Gasteiger partial charge in [-0.25, -0.2) is 9.48 Å². The zero-order valence-corrected chi connectivity index (χ0v) is 15.6. The fourth-order valence-electron chi connectivity index (χ4n) is 3.40. The Morgan fingerprint density at radius 1 is 1.31 bits per heavy atom. The minimum Gasteiger partial charge on any atom is -0.496 e.